The number of nitrogens with zero attached hydrogens (tertiary/aromatic N) is 1. The van der Waals surface area contributed by atoms with Gasteiger partial charge in [-0.15, -0.1) is 0 Å². The van der Waals surface area contributed by atoms with Crippen molar-refractivity contribution < 1.29 is 4.79 Å². The molecule has 2 rings (SSSR count). The van der Waals surface area contributed by atoms with Crippen LogP contribution >= 0.6 is 0 Å². The first-order chi connectivity index (χ1) is 6.83. The van der Waals surface area contributed by atoms with Gasteiger partial charge in [0.1, 0.15) is 5.69 Å². The predicted octanol–water partition coefficient (Wildman–Crippen LogP) is 2.20. The molecule has 0 radical (unpaired) electrons. The number of nitrogens with one attached hydrogen (secondary N) is 1. The normalized spacial score (nSPS) is 10.1. The molecule has 0 amide bonds. The molecule has 14 heavy (non-hydrogen) atoms. The smallest absolute Gasteiger partial charge is 0.168 e. The van der Waals surface area contributed by atoms with Gasteiger partial charge in [-0.05, 0) is 12.5 Å². The first kappa shape index (κ1) is 8.69. The number of aromatic amines is 1. The fourth-order valence-corrected chi connectivity index (χ4v) is 1.45. The van der Waals surface area contributed by atoms with E-state index in [2.05, 4.69) is 9.97 Å². The van der Waals surface area contributed by atoms with Crippen molar-refractivity contribution in [2.24, 2.45) is 0 Å². The van der Waals surface area contributed by atoms with Crippen LogP contribution < -0.4 is 0 Å². The number of benzene rings is 1. The number of carbonyl (C=O) groups excluding carboxylic acids is 1. The zero-order chi connectivity index (χ0) is 9.97. The second-order valence-electron chi connectivity index (χ2n) is 3.10. The second kappa shape index (κ2) is 3.46. The predicted molar refractivity (Wildman–Crippen MR) is 54.1 cm³/mol. The lowest BCUT2D eigenvalue weighted by atomic mass is 10.1. The molecule has 0 atom stereocenters. The van der Waals surface area contributed by atoms with E-state index in [4.69, 9.17) is 0 Å². The van der Waals surface area contributed by atoms with Gasteiger partial charge in [0.25, 0.3) is 0 Å². The number of rotatable bonds is 2. The Labute approximate surface area is 81.8 Å². The van der Waals surface area contributed by atoms with E-state index in [9.17, 15) is 4.79 Å². The van der Waals surface area contributed by atoms with Crippen LogP contribution in [0.1, 0.15) is 16.1 Å². The van der Waals surface area contributed by atoms with Crippen molar-refractivity contribution in [1.82, 2.24) is 9.97 Å². The Bertz CT molecular complexity index is 460. The van der Waals surface area contributed by atoms with Crippen LogP contribution in [0.25, 0.3) is 11.3 Å². The molecule has 2 aromatic rings. The van der Waals surface area contributed by atoms with Crippen molar-refractivity contribution in [1.29, 1.82) is 0 Å². The summed E-state index contributed by atoms with van der Waals surface area (Å²) in [5.74, 6) is 0. The molecule has 0 aliphatic carbocycles. The molecule has 0 saturated carbocycles. The van der Waals surface area contributed by atoms with Gasteiger partial charge in [0.15, 0.2) is 6.29 Å². The fraction of sp³-hybridized carbons (Fsp3) is 0.0909. The number of aryl methyl sites for hydroxylation is 1. The maximum Gasteiger partial charge on any atom is 0.168 e. The minimum Gasteiger partial charge on any atom is -0.342 e. The van der Waals surface area contributed by atoms with Crippen LogP contribution in [-0.2, 0) is 0 Å². The molecular formula is C11H10N2O. The molecule has 70 valence electrons. The summed E-state index contributed by atoms with van der Waals surface area (Å²) >= 11 is 0. The van der Waals surface area contributed by atoms with Crippen molar-refractivity contribution in [3.05, 3.63) is 41.9 Å². The zero-order valence-corrected chi connectivity index (χ0v) is 7.82. The SMILES string of the molecule is Cc1ccccc1-c1nc[nH]c1C=O. The van der Waals surface area contributed by atoms with Crippen LogP contribution in [0.2, 0.25) is 0 Å². The number of hydrogen-bond acceptors (Lipinski definition) is 2. The van der Waals surface area contributed by atoms with E-state index in [1.807, 2.05) is 31.2 Å². The molecule has 0 saturated heterocycles. The summed E-state index contributed by atoms with van der Waals surface area (Å²) in [6.45, 7) is 2.00. The molecular weight excluding hydrogens is 176 g/mol. The van der Waals surface area contributed by atoms with E-state index < -0.39 is 0 Å². The first-order valence-electron chi connectivity index (χ1n) is 4.37. The van der Waals surface area contributed by atoms with Crippen LogP contribution in [0.3, 0.4) is 0 Å². The lowest BCUT2D eigenvalue weighted by molar-refractivity contribution is 0.112. The van der Waals surface area contributed by atoms with Gasteiger partial charge in [0.2, 0.25) is 0 Å². The van der Waals surface area contributed by atoms with E-state index in [1.54, 1.807) is 0 Å². The third kappa shape index (κ3) is 1.33. The van der Waals surface area contributed by atoms with E-state index in [1.165, 1.54) is 6.33 Å². The van der Waals surface area contributed by atoms with Crippen molar-refractivity contribution in [3.63, 3.8) is 0 Å². The lowest BCUT2D eigenvalue weighted by Gasteiger charge is -2.01. The summed E-state index contributed by atoms with van der Waals surface area (Å²) in [5.41, 5.74) is 3.36. The van der Waals surface area contributed by atoms with E-state index in [-0.39, 0.29) is 0 Å². The van der Waals surface area contributed by atoms with Gasteiger partial charge in [0.05, 0.1) is 12.0 Å². The molecule has 3 nitrogen and oxygen atoms in total. The highest BCUT2D eigenvalue weighted by Crippen LogP contribution is 2.22. The van der Waals surface area contributed by atoms with E-state index in [0.29, 0.717) is 5.69 Å². The number of carbonyl (C=O) groups is 1. The first-order valence-corrected chi connectivity index (χ1v) is 4.37. The van der Waals surface area contributed by atoms with Gasteiger partial charge in [-0.1, -0.05) is 24.3 Å². The van der Waals surface area contributed by atoms with Gasteiger partial charge in [-0.3, -0.25) is 4.79 Å². The molecule has 1 aromatic heterocycles. The highest BCUT2D eigenvalue weighted by molar-refractivity contribution is 5.84. The summed E-state index contributed by atoms with van der Waals surface area (Å²) in [6, 6.07) is 7.86. The number of H-pyrrole nitrogens is 1. The number of hydrogen-bond donors (Lipinski definition) is 1. The quantitative estimate of drug-likeness (QED) is 0.731. The van der Waals surface area contributed by atoms with Gasteiger partial charge >= 0.3 is 0 Å². The van der Waals surface area contributed by atoms with Crippen LogP contribution in [-0.4, -0.2) is 16.3 Å². The number of imidazole rings is 1. The molecule has 0 fully saturated rings. The molecule has 3 heteroatoms. The molecule has 0 bridgehead atoms. The second-order valence-corrected chi connectivity index (χ2v) is 3.10. The minimum absolute atomic E-state index is 0.527. The lowest BCUT2D eigenvalue weighted by Crippen LogP contribution is -1.88. The fourth-order valence-electron chi connectivity index (χ4n) is 1.45. The number of aromatic nitrogens is 2. The largest absolute Gasteiger partial charge is 0.342 e. The average Bonchev–Trinajstić information content (AvgIpc) is 2.66. The van der Waals surface area contributed by atoms with Crippen LogP contribution in [0.5, 0.6) is 0 Å². The topological polar surface area (TPSA) is 45.8 Å². The number of aldehydes is 1. The van der Waals surface area contributed by atoms with E-state index >= 15 is 0 Å². The monoisotopic (exact) mass is 186 g/mol. The summed E-state index contributed by atoms with van der Waals surface area (Å²) in [5, 5.41) is 0. The van der Waals surface area contributed by atoms with Crippen LogP contribution in [0, 0.1) is 6.92 Å². The molecule has 1 aromatic carbocycles. The van der Waals surface area contributed by atoms with Gasteiger partial charge in [-0.2, -0.15) is 0 Å². The minimum atomic E-state index is 0.527. The highest BCUT2D eigenvalue weighted by Gasteiger charge is 2.08. The highest BCUT2D eigenvalue weighted by atomic mass is 16.1. The Morgan fingerprint density at radius 3 is 2.86 bits per heavy atom. The maximum absolute atomic E-state index is 10.7. The van der Waals surface area contributed by atoms with Crippen LogP contribution in [0.15, 0.2) is 30.6 Å². The maximum atomic E-state index is 10.7. The average molecular weight is 186 g/mol. The third-order valence-electron chi connectivity index (χ3n) is 2.19. The molecule has 0 unspecified atom stereocenters. The molecule has 1 heterocycles. The van der Waals surface area contributed by atoms with Crippen LogP contribution in [0.4, 0.5) is 0 Å². The third-order valence-corrected chi connectivity index (χ3v) is 2.19. The Hall–Kier alpha value is -1.90. The van der Waals surface area contributed by atoms with Crippen molar-refractivity contribution in [2.45, 2.75) is 6.92 Å². The molecule has 0 aliphatic rings. The zero-order valence-electron chi connectivity index (χ0n) is 7.82. The van der Waals surface area contributed by atoms with Gasteiger partial charge in [0, 0.05) is 5.56 Å². The Kier molecular flexibility index (Phi) is 2.14. The Balaban J connectivity index is 2.60. The summed E-state index contributed by atoms with van der Waals surface area (Å²) in [4.78, 5) is 17.6. The Morgan fingerprint density at radius 2 is 2.14 bits per heavy atom. The molecule has 1 N–H and O–H groups in total. The summed E-state index contributed by atoms with van der Waals surface area (Å²) in [6.07, 6.45) is 2.32. The molecule has 0 spiro atoms. The van der Waals surface area contributed by atoms with Crippen molar-refractivity contribution in [3.8, 4) is 11.3 Å². The Morgan fingerprint density at radius 1 is 1.36 bits per heavy atom. The summed E-state index contributed by atoms with van der Waals surface area (Å²) < 4.78 is 0. The van der Waals surface area contributed by atoms with Gasteiger partial charge in [-0.25, -0.2) is 4.98 Å². The van der Waals surface area contributed by atoms with E-state index in [0.717, 1.165) is 23.1 Å². The standard InChI is InChI=1S/C11H10N2O/c1-8-4-2-3-5-9(8)11-10(6-14)12-7-13-11/h2-7H,1H3,(H,12,13). The van der Waals surface area contributed by atoms with Crippen molar-refractivity contribution in [2.75, 3.05) is 0 Å². The molecule has 0 aliphatic heterocycles. The van der Waals surface area contributed by atoms with Gasteiger partial charge < -0.3 is 4.98 Å². The summed E-state index contributed by atoms with van der Waals surface area (Å²) in [7, 11) is 0. The van der Waals surface area contributed by atoms with Crippen molar-refractivity contribution >= 4 is 6.29 Å².